The third kappa shape index (κ3) is 3.53. The van der Waals surface area contributed by atoms with Crippen LogP contribution in [0.4, 0.5) is 13.2 Å². The third-order valence-electron chi connectivity index (χ3n) is 3.87. The van der Waals surface area contributed by atoms with Gasteiger partial charge in [-0.15, -0.1) is 0 Å². The van der Waals surface area contributed by atoms with E-state index in [1.54, 1.807) is 0 Å². The van der Waals surface area contributed by atoms with Crippen LogP contribution >= 0.6 is 0 Å². The Kier molecular flexibility index (Phi) is 4.73. The van der Waals surface area contributed by atoms with Gasteiger partial charge in [0.05, 0.1) is 11.6 Å². The Morgan fingerprint density at radius 1 is 1.35 bits per heavy atom. The van der Waals surface area contributed by atoms with Crippen LogP contribution in [0.15, 0.2) is 10.8 Å². The van der Waals surface area contributed by atoms with Crippen LogP contribution in [0.3, 0.4) is 0 Å². The molecular formula is C14H21F3N2O. The molecule has 1 heterocycles. The van der Waals surface area contributed by atoms with Gasteiger partial charge in [0.1, 0.15) is 5.76 Å². The van der Waals surface area contributed by atoms with Crippen LogP contribution < -0.4 is 5.32 Å². The largest absolute Gasteiger partial charge is 0.448 e. The van der Waals surface area contributed by atoms with E-state index in [9.17, 15) is 13.2 Å². The highest BCUT2D eigenvalue weighted by Gasteiger charge is 2.47. The first-order chi connectivity index (χ1) is 9.39. The minimum Gasteiger partial charge on any atom is -0.448 e. The van der Waals surface area contributed by atoms with E-state index in [1.807, 2.05) is 13.8 Å². The highest BCUT2D eigenvalue weighted by molar-refractivity contribution is 5.15. The van der Waals surface area contributed by atoms with E-state index in [1.165, 1.54) is 6.39 Å². The lowest BCUT2D eigenvalue weighted by molar-refractivity contribution is -0.188. The molecule has 0 amide bonds. The summed E-state index contributed by atoms with van der Waals surface area (Å²) in [5.41, 5.74) is 0.611. The third-order valence-corrected chi connectivity index (χ3v) is 3.87. The highest BCUT2D eigenvalue weighted by Crippen LogP contribution is 2.47. The van der Waals surface area contributed by atoms with Crippen molar-refractivity contribution < 1.29 is 17.6 Å². The van der Waals surface area contributed by atoms with Gasteiger partial charge in [0.25, 0.3) is 0 Å². The Bertz CT molecular complexity index is 428. The SMILES string of the molecule is CC(C)NCc1ncoc1C1CCCCC1C(F)(F)F. The zero-order valence-corrected chi connectivity index (χ0v) is 11.8. The number of rotatable bonds is 4. The topological polar surface area (TPSA) is 38.1 Å². The molecule has 114 valence electrons. The van der Waals surface area contributed by atoms with Crippen molar-refractivity contribution in [3.05, 3.63) is 17.8 Å². The van der Waals surface area contributed by atoms with Gasteiger partial charge in [-0.05, 0) is 12.8 Å². The van der Waals surface area contributed by atoms with Crippen LogP contribution in [0.5, 0.6) is 0 Å². The Hall–Kier alpha value is -1.04. The molecule has 1 aromatic heterocycles. The van der Waals surface area contributed by atoms with Crippen LogP contribution in [0.2, 0.25) is 0 Å². The van der Waals surface area contributed by atoms with Crippen molar-refractivity contribution in [2.45, 2.75) is 64.2 Å². The number of aromatic nitrogens is 1. The summed E-state index contributed by atoms with van der Waals surface area (Å²) in [6.45, 7) is 4.42. The van der Waals surface area contributed by atoms with Gasteiger partial charge in [-0.3, -0.25) is 0 Å². The van der Waals surface area contributed by atoms with E-state index in [0.29, 0.717) is 30.8 Å². The Morgan fingerprint density at radius 3 is 2.70 bits per heavy atom. The van der Waals surface area contributed by atoms with Crippen LogP contribution in [-0.2, 0) is 6.54 Å². The van der Waals surface area contributed by atoms with E-state index in [4.69, 9.17) is 4.42 Å². The fourth-order valence-corrected chi connectivity index (χ4v) is 2.85. The zero-order chi connectivity index (χ0) is 14.8. The molecule has 0 spiro atoms. The fraction of sp³-hybridized carbons (Fsp3) is 0.786. The van der Waals surface area contributed by atoms with Gasteiger partial charge in [-0.1, -0.05) is 26.7 Å². The maximum Gasteiger partial charge on any atom is 0.392 e. The van der Waals surface area contributed by atoms with Gasteiger partial charge >= 0.3 is 6.18 Å². The first-order valence-electron chi connectivity index (χ1n) is 7.12. The minimum absolute atomic E-state index is 0.186. The van der Waals surface area contributed by atoms with Crippen molar-refractivity contribution in [2.75, 3.05) is 0 Å². The molecule has 1 aliphatic carbocycles. The number of hydrogen-bond donors (Lipinski definition) is 1. The summed E-state index contributed by atoms with van der Waals surface area (Å²) >= 11 is 0. The second-order valence-electron chi connectivity index (χ2n) is 5.74. The van der Waals surface area contributed by atoms with Gasteiger partial charge in [0.2, 0.25) is 0 Å². The number of nitrogens with one attached hydrogen (secondary N) is 1. The summed E-state index contributed by atoms with van der Waals surface area (Å²) < 4.78 is 44.8. The van der Waals surface area contributed by atoms with Gasteiger partial charge in [-0.25, -0.2) is 4.98 Å². The summed E-state index contributed by atoms with van der Waals surface area (Å²) in [6.07, 6.45) is -0.751. The summed E-state index contributed by atoms with van der Waals surface area (Å²) in [5.74, 6) is -1.47. The molecule has 1 fully saturated rings. The maximum absolute atomic E-state index is 13.2. The molecule has 0 aromatic carbocycles. The van der Waals surface area contributed by atoms with Crippen LogP contribution in [-0.4, -0.2) is 17.2 Å². The Balaban J connectivity index is 2.18. The summed E-state index contributed by atoms with van der Waals surface area (Å²) in [4.78, 5) is 4.08. The van der Waals surface area contributed by atoms with Gasteiger partial charge in [0, 0.05) is 18.5 Å². The first-order valence-corrected chi connectivity index (χ1v) is 7.12. The molecule has 3 nitrogen and oxygen atoms in total. The summed E-state index contributed by atoms with van der Waals surface area (Å²) in [7, 11) is 0. The van der Waals surface area contributed by atoms with Crippen LogP contribution in [0.25, 0.3) is 0 Å². The molecule has 1 saturated carbocycles. The van der Waals surface area contributed by atoms with E-state index < -0.39 is 18.0 Å². The standard InChI is InChI=1S/C14H21F3N2O/c1-9(2)18-7-12-13(20-8-19-12)10-5-3-4-6-11(10)14(15,16)17/h8-11,18H,3-7H2,1-2H3. The molecule has 1 aliphatic rings. The Labute approximate surface area is 117 Å². The normalized spacial score (nSPS) is 24.3. The molecule has 2 rings (SSSR count). The van der Waals surface area contributed by atoms with E-state index in [-0.39, 0.29) is 12.5 Å². The van der Waals surface area contributed by atoms with Crippen molar-refractivity contribution in [1.82, 2.24) is 10.3 Å². The van der Waals surface area contributed by atoms with Crippen molar-refractivity contribution in [1.29, 1.82) is 0 Å². The van der Waals surface area contributed by atoms with Gasteiger partial charge in [0.15, 0.2) is 6.39 Å². The molecule has 6 heteroatoms. The number of oxazole rings is 1. The first kappa shape index (κ1) is 15.4. The molecule has 2 atom stereocenters. The lowest BCUT2D eigenvalue weighted by Gasteiger charge is -2.32. The summed E-state index contributed by atoms with van der Waals surface area (Å²) in [5, 5.41) is 3.18. The predicted molar refractivity (Wildman–Crippen MR) is 69.2 cm³/mol. The Morgan fingerprint density at radius 2 is 2.05 bits per heavy atom. The smallest absolute Gasteiger partial charge is 0.392 e. The van der Waals surface area contributed by atoms with Crippen LogP contribution in [0.1, 0.15) is 56.9 Å². The number of hydrogen-bond acceptors (Lipinski definition) is 3. The van der Waals surface area contributed by atoms with E-state index in [2.05, 4.69) is 10.3 Å². The van der Waals surface area contributed by atoms with Crippen molar-refractivity contribution in [2.24, 2.45) is 5.92 Å². The average Bonchev–Trinajstić information content (AvgIpc) is 2.83. The quantitative estimate of drug-likeness (QED) is 0.910. The van der Waals surface area contributed by atoms with Crippen molar-refractivity contribution in [3.8, 4) is 0 Å². The van der Waals surface area contributed by atoms with Crippen LogP contribution in [0, 0.1) is 5.92 Å². The maximum atomic E-state index is 13.2. The number of nitrogens with zero attached hydrogens (tertiary/aromatic N) is 1. The molecule has 0 radical (unpaired) electrons. The van der Waals surface area contributed by atoms with Gasteiger partial charge in [-0.2, -0.15) is 13.2 Å². The molecule has 1 N–H and O–H groups in total. The van der Waals surface area contributed by atoms with E-state index in [0.717, 1.165) is 6.42 Å². The molecule has 1 aromatic rings. The second kappa shape index (κ2) is 6.16. The minimum atomic E-state index is -4.17. The second-order valence-corrected chi connectivity index (χ2v) is 5.74. The summed E-state index contributed by atoms with van der Waals surface area (Å²) in [6, 6.07) is 0.254. The zero-order valence-electron chi connectivity index (χ0n) is 11.8. The molecule has 0 bridgehead atoms. The molecule has 0 saturated heterocycles. The van der Waals surface area contributed by atoms with Crippen molar-refractivity contribution in [3.63, 3.8) is 0 Å². The fourth-order valence-electron chi connectivity index (χ4n) is 2.85. The predicted octanol–water partition coefficient (Wildman–Crippen LogP) is 4.01. The molecular weight excluding hydrogens is 269 g/mol. The molecule has 0 aliphatic heterocycles. The average molecular weight is 290 g/mol. The van der Waals surface area contributed by atoms with Crippen molar-refractivity contribution >= 4 is 0 Å². The number of alkyl halides is 3. The monoisotopic (exact) mass is 290 g/mol. The molecule has 20 heavy (non-hydrogen) atoms. The van der Waals surface area contributed by atoms with Gasteiger partial charge < -0.3 is 9.73 Å². The number of halogens is 3. The highest BCUT2D eigenvalue weighted by atomic mass is 19.4. The van der Waals surface area contributed by atoms with E-state index >= 15 is 0 Å². The lowest BCUT2D eigenvalue weighted by atomic mass is 9.77. The lowest BCUT2D eigenvalue weighted by Crippen LogP contribution is -2.32. The molecule has 2 unspecified atom stereocenters.